The van der Waals surface area contributed by atoms with Crippen LogP contribution < -0.4 is 0 Å². The van der Waals surface area contributed by atoms with Crippen LogP contribution >= 0.6 is 7.82 Å². The molecule has 0 aromatic heterocycles. The number of rotatable bonds is 82. The monoisotopic (exact) mass is 1350 g/mol. The van der Waals surface area contributed by atoms with Crippen LogP contribution in [0.25, 0.3) is 0 Å². The predicted molar refractivity (Wildman–Crippen MR) is 409 cm³/mol. The van der Waals surface area contributed by atoms with Gasteiger partial charge in [-0.3, -0.25) is 18.6 Å². The molecular weight excluding hydrogens is 1180 g/mol. The van der Waals surface area contributed by atoms with Crippen LogP contribution in [0.15, 0.2) is 0 Å². The molecule has 1 N–H and O–H groups in total. The van der Waals surface area contributed by atoms with Crippen molar-refractivity contribution >= 4 is 19.8 Å². The largest absolute Gasteiger partial charge is 0.472 e. The van der Waals surface area contributed by atoms with Crippen LogP contribution in [0.4, 0.5) is 0 Å². The standard InChI is InChI=1S/C84H168NO8P/c1-6-8-10-12-14-16-18-20-22-24-26-28-30-32-34-36-38-40-42-44-46-48-50-52-54-56-58-60-62-64-66-68-70-72-74-76-83(86)90-80-82(81-92-94(88,89)91-79-78-85(3,4)5)93-84(87)77-75-73-71-69-67-65-63-61-59-57-55-53-51-49-47-45-43-41-39-37-35-33-31-29-27-25-23-21-19-17-15-13-11-9-7-2/h82H,6-81H2,1-5H3/p+1. The van der Waals surface area contributed by atoms with Gasteiger partial charge in [0, 0.05) is 12.8 Å². The number of likely N-dealkylation sites (N-methyl/N-ethyl adjacent to an activating group) is 1. The highest BCUT2D eigenvalue weighted by atomic mass is 31.2. The van der Waals surface area contributed by atoms with E-state index in [0.29, 0.717) is 17.4 Å². The summed E-state index contributed by atoms with van der Waals surface area (Å²) < 4.78 is 34.9. The highest BCUT2D eigenvalue weighted by Gasteiger charge is 2.27. The number of carbonyl (C=O) groups excluding carboxylic acids is 2. The van der Waals surface area contributed by atoms with Gasteiger partial charge in [-0.2, -0.15) is 0 Å². The molecule has 0 bridgehead atoms. The molecule has 9 nitrogen and oxygen atoms in total. The molecule has 0 saturated carbocycles. The van der Waals surface area contributed by atoms with E-state index in [1.54, 1.807) is 0 Å². The molecule has 562 valence electrons. The van der Waals surface area contributed by atoms with Gasteiger partial charge in [0.2, 0.25) is 0 Å². The molecule has 0 fully saturated rings. The third-order valence-electron chi connectivity index (χ3n) is 20.1. The molecule has 94 heavy (non-hydrogen) atoms. The molecule has 0 saturated heterocycles. The van der Waals surface area contributed by atoms with E-state index < -0.39 is 26.5 Å². The van der Waals surface area contributed by atoms with Gasteiger partial charge in [-0.25, -0.2) is 4.57 Å². The number of carbonyl (C=O) groups is 2. The molecular formula is C84H169NO8P+. The van der Waals surface area contributed by atoms with E-state index in [0.717, 1.165) is 38.5 Å². The van der Waals surface area contributed by atoms with Crippen molar-refractivity contribution in [2.75, 3.05) is 47.5 Å². The Kier molecular flexibility index (Phi) is 75.4. The zero-order chi connectivity index (χ0) is 68.3. The molecule has 2 atom stereocenters. The third kappa shape index (κ3) is 80.0. The normalized spacial score (nSPS) is 12.9. The second kappa shape index (κ2) is 76.2. The Morgan fingerprint density at radius 1 is 0.287 bits per heavy atom. The van der Waals surface area contributed by atoms with Crippen molar-refractivity contribution in [2.24, 2.45) is 0 Å². The topological polar surface area (TPSA) is 108 Å². The zero-order valence-electron chi connectivity index (χ0n) is 64.5. The first-order chi connectivity index (χ1) is 46.0. The molecule has 10 heteroatoms. The quantitative estimate of drug-likeness (QED) is 0.0278. The number of nitrogens with zero attached hydrogens (tertiary/aromatic N) is 1. The summed E-state index contributed by atoms with van der Waals surface area (Å²) in [5.41, 5.74) is 0. The van der Waals surface area contributed by atoms with Crippen molar-refractivity contribution in [2.45, 2.75) is 482 Å². The van der Waals surface area contributed by atoms with Crippen molar-refractivity contribution in [1.29, 1.82) is 0 Å². The van der Waals surface area contributed by atoms with Gasteiger partial charge in [0.25, 0.3) is 0 Å². The van der Waals surface area contributed by atoms with Crippen LogP contribution in [0.3, 0.4) is 0 Å². The number of hydrogen-bond acceptors (Lipinski definition) is 7. The molecule has 0 aliphatic heterocycles. The summed E-state index contributed by atoms with van der Waals surface area (Å²) in [7, 11) is 1.51. The molecule has 0 aliphatic carbocycles. The van der Waals surface area contributed by atoms with Gasteiger partial charge in [-0.05, 0) is 12.8 Å². The van der Waals surface area contributed by atoms with Gasteiger partial charge in [0.1, 0.15) is 19.8 Å². The Bertz CT molecular complexity index is 1540. The van der Waals surface area contributed by atoms with Crippen LogP contribution in [0.2, 0.25) is 0 Å². The highest BCUT2D eigenvalue weighted by Crippen LogP contribution is 2.43. The fraction of sp³-hybridized carbons (Fsp3) is 0.976. The summed E-state index contributed by atoms with van der Waals surface area (Å²) in [4.78, 5) is 36.0. The Morgan fingerprint density at radius 3 is 0.681 bits per heavy atom. The fourth-order valence-electron chi connectivity index (χ4n) is 13.6. The number of phosphoric ester groups is 1. The SMILES string of the molecule is CCCCCCCCCCCCCCCCCCCCCCCCCCCCCCCCCCCCCC(=O)OCC(COP(=O)(O)OCC[N+](C)(C)C)OC(=O)CCCCCCCCCCCCCCCCCCCCCCCCCCCCCCCCCCCCC. The molecule has 0 radical (unpaired) electrons. The number of unbranched alkanes of at least 4 members (excludes halogenated alkanes) is 68. The average Bonchev–Trinajstić information content (AvgIpc) is 2.35. The summed E-state index contributed by atoms with van der Waals surface area (Å²) in [6.07, 6.45) is 95.8. The maximum absolute atomic E-state index is 12.9. The van der Waals surface area contributed by atoms with Crippen LogP contribution in [-0.2, 0) is 32.7 Å². The lowest BCUT2D eigenvalue weighted by Gasteiger charge is -2.24. The van der Waals surface area contributed by atoms with Crippen molar-refractivity contribution < 1.29 is 42.1 Å². The first-order valence-corrected chi connectivity index (χ1v) is 44.3. The molecule has 2 unspecified atom stereocenters. The van der Waals surface area contributed by atoms with Crippen molar-refractivity contribution in [3.63, 3.8) is 0 Å². The lowest BCUT2D eigenvalue weighted by Crippen LogP contribution is -2.37. The second-order valence-electron chi connectivity index (χ2n) is 30.9. The van der Waals surface area contributed by atoms with E-state index in [9.17, 15) is 19.0 Å². The maximum Gasteiger partial charge on any atom is 0.472 e. The number of esters is 2. The summed E-state index contributed by atoms with van der Waals surface area (Å²) in [5.74, 6) is -0.763. The summed E-state index contributed by atoms with van der Waals surface area (Å²) in [6, 6.07) is 0. The maximum atomic E-state index is 12.9. The van der Waals surface area contributed by atoms with Gasteiger partial charge < -0.3 is 18.9 Å². The molecule has 0 heterocycles. The Morgan fingerprint density at radius 2 is 0.479 bits per heavy atom. The molecule has 0 aliphatic rings. The Balaban J connectivity index is 3.85. The second-order valence-corrected chi connectivity index (χ2v) is 32.4. The Labute approximate surface area is 588 Å². The van der Waals surface area contributed by atoms with E-state index in [-0.39, 0.29) is 25.6 Å². The minimum atomic E-state index is -4.39. The Hall–Kier alpha value is -0.990. The molecule has 0 aromatic rings. The fourth-order valence-corrected chi connectivity index (χ4v) is 14.4. The lowest BCUT2D eigenvalue weighted by atomic mass is 10.0. The number of hydrogen-bond donors (Lipinski definition) is 1. The highest BCUT2D eigenvalue weighted by molar-refractivity contribution is 7.47. The molecule has 0 spiro atoms. The van der Waals surface area contributed by atoms with Gasteiger partial charge >= 0.3 is 19.8 Å². The van der Waals surface area contributed by atoms with E-state index in [4.69, 9.17) is 18.5 Å². The van der Waals surface area contributed by atoms with Crippen LogP contribution in [0.5, 0.6) is 0 Å². The zero-order valence-corrected chi connectivity index (χ0v) is 65.4. The summed E-state index contributed by atoms with van der Waals surface area (Å²) >= 11 is 0. The molecule has 0 amide bonds. The van der Waals surface area contributed by atoms with Gasteiger partial charge in [-0.15, -0.1) is 0 Å². The minimum absolute atomic E-state index is 0.0379. The van der Waals surface area contributed by atoms with Crippen molar-refractivity contribution in [3.8, 4) is 0 Å². The van der Waals surface area contributed by atoms with Crippen LogP contribution in [0.1, 0.15) is 476 Å². The van der Waals surface area contributed by atoms with Gasteiger partial charge in [0.05, 0.1) is 27.7 Å². The van der Waals surface area contributed by atoms with E-state index in [2.05, 4.69) is 13.8 Å². The number of quaternary nitrogens is 1. The first kappa shape index (κ1) is 93.0. The summed E-state index contributed by atoms with van der Waals surface area (Å²) in [5, 5.41) is 0. The predicted octanol–water partition coefficient (Wildman–Crippen LogP) is 28.4. The minimum Gasteiger partial charge on any atom is -0.462 e. The van der Waals surface area contributed by atoms with E-state index >= 15 is 0 Å². The smallest absolute Gasteiger partial charge is 0.462 e. The van der Waals surface area contributed by atoms with E-state index in [1.807, 2.05) is 21.1 Å². The van der Waals surface area contributed by atoms with Gasteiger partial charge in [0.15, 0.2) is 6.10 Å². The third-order valence-corrected chi connectivity index (χ3v) is 21.1. The lowest BCUT2D eigenvalue weighted by molar-refractivity contribution is -0.870. The summed E-state index contributed by atoms with van der Waals surface area (Å²) in [6.45, 7) is 4.55. The molecule has 0 rings (SSSR count). The van der Waals surface area contributed by atoms with Gasteiger partial charge in [-0.1, -0.05) is 450 Å². The average molecular weight is 1350 g/mol. The van der Waals surface area contributed by atoms with E-state index in [1.165, 1.54) is 411 Å². The number of phosphoric acid groups is 1. The van der Waals surface area contributed by atoms with Crippen LogP contribution in [0, 0.1) is 0 Å². The van der Waals surface area contributed by atoms with Crippen molar-refractivity contribution in [3.05, 3.63) is 0 Å². The first-order valence-electron chi connectivity index (χ1n) is 42.8. The number of ether oxygens (including phenoxy) is 2. The molecule has 0 aromatic carbocycles. The van der Waals surface area contributed by atoms with Crippen molar-refractivity contribution in [1.82, 2.24) is 0 Å². The van der Waals surface area contributed by atoms with Crippen LogP contribution in [-0.4, -0.2) is 74.9 Å².